The third-order valence-electron chi connectivity index (χ3n) is 6.48. The molecular weight excluding hydrogens is 578 g/mol. The van der Waals surface area contributed by atoms with Crippen LogP contribution < -0.4 is 9.62 Å². The van der Waals surface area contributed by atoms with Crippen molar-refractivity contribution in [3.63, 3.8) is 0 Å². The zero-order chi connectivity index (χ0) is 28.7. The van der Waals surface area contributed by atoms with Crippen molar-refractivity contribution in [2.24, 2.45) is 0 Å². The highest BCUT2D eigenvalue weighted by molar-refractivity contribution is 9.10. The van der Waals surface area contributed by atoms with E-state index in [1.54, 1.807) is 37.3 Å². The van der Waals surface area contributed by atoms with E-state index in [0.29, 0.717) is 12.2 Å². The second-order valence-corrected chi connectivity index (χ2v) is 12.5. The van der Waals surface area contributed by atoms with Gasteiger partial charge in [-0.05, 0) is 81.1 Å². The molecule has 3 aromatic carbocycles. The predicted octanol–water partition coefficient (Wildman–Crippen LogP) is 5.51. The highest BCUT2D eigenvalue weighted by Gasteiger charge is 2.33. The largest absolute Gasteiger partial charge is 0.354 e. The van der Waals surface area contributed by atoms with Crippen molar-refractivity contribution < 1.29 is 18.0 Å². The molecule has 0 unspecified atom stereocenters. The normalized spacial score (nSPS) is 12.1. The molecule has 0 aliphatic rings. The number of nitrogens with one attached hydrogen (secondary N) is 1. The molecule has 39 heavy (non-hydrogen) atoms. The van der Waals surface area contributed by atoms with Crippen molar-refractivity contribution in [3.05, 3.63) is 93.5 Å². The van der Waals surface area contributed by atoms with Gasteiger partial charge in [0.05, 0.1) is 10.6 Å². The minimum atomic E-state index is -4.10. The monoisotopic (exact) mass is 613 g/mol. The molecule has 0 saturated carbocycles. The average Bonchev–Trinajstić information content (AvgIpc) is 2.90. The Morgan fingerprint density at radius 1 is 0.949 bits per heavy atom. The molecule has 0 heterocycles. The number of nitrogens with zero attached hydrogens (tertiary/aromatic N) is 2. The molecule has 1 N–H and O–H groups in total. The zero-order valence-corrected chi connectivity index (χ0v) is 25.5. The van der Waals surface area contributed by atoms with Crippen molar-refractivity contribution in [2.45, 2.75) is 58.5 Å². The summed E-state index contributed by atoms with van der Waals surface area (Å²) < 4.78 is 30.0. The molecule has 0 bridgehead atoms. The average molecular weight is 615 g/mol. The van der Waals surface area contributed by atoms with E-state index in [0.717, 1.165) is 37.5 Å². The number of sulfonamides is 1. The first kappa shape index (κ1) is 30.4. The Bertz CT molecular complexity index is 1420. The van der Waals surface area contributed by atoms with Gasteiger partial charge in [0.2, 0.25) is 11.8 Å². The van der Waals surface area contributed by atoms with E-state index in [9.17, 15) is 18.0 Å². The van der Waals surface area contributed by atoms with Crippen LogP contribution in [0.2, 0.25) is 0 Å². The summed E-state index contributed by atoms with van der Waals surface area (Å²) in [5.41, 5.74) is 3.75. The summed E-state index contributed by atoms with van der Waals surface area (Å²) in [6.45, 7) is 9.36. The smallest absolute Gasteiger partial charge is 0.264 e. The summed E-state index contributed by atoms with van der Waals surface area (Å²) in [5, 5.41) is 2.85. The van der Waals surface area contributed by atoms with Crippen molar-refractivity contribution in [1.29, 1.82) is 0 Å². The Hall–Kier alpha value is -3.17. The maximum Gasteiger partial charge on any atom is 0.264 e. The summed E-state index contributed by atoms with van der Waals surface area (Å²) in [6, 6.07) is 18.7. The minimum Gasteiger partial charge on any atom is -0.354 e. The van der Waals surface area contributed by atoms with Crippen LogP contribution in [0.15, 0.2) is 76.1 Å². The molecular formula is C30H36BrN3O4S. The maximum atomic E-state index is 14.0. The lowest BCUT2D eigenvalue weighted by Crippen LogP contribution is -2.51. The van der Waals surface area contributed by atoms with Crippen LogP contribution in [-0.4, -0.2) is 44.3 Å². The fraction of sp³-hybridized carbons (Fsp3) is 0.333. The molecule has 3 aromatic rings. The number of rotatable bonds is 11. The first-order valence-electron chi connectivity index (χ1n) is 12.9. The number of aryl methyl sites for hydroxylation is 3. The molecule has 9 heteroatoms. The van der Waals surface area contributed by atoms with E-state index < -0.39 is 28.5 Å². The number of anilines is 1. The number of halogens is 1. The summed E-state index contributed by atoms with van der Waals surface area (Å²) in [4.78, 5) is 28.5. The Balaban J connectivity index is 2.06. The summed E-state index contributed by atoms with van der Waals surface area (Å²) >= 11 is 3.46. The Morgan fingerprint density at radius 2 is 1.62 bits per heavy atom. The molecule has 1 atom stereocenters. The Kier molecular flexibility index (Phi) is 10.3. The van der Waals surface area contributed by atoms with Gasteiger partial charge in [0.25, 0.3) is 10.0 Å². The molecule has 2 amide bonds. The van der Waals surface area contributed by atoms with E-state index in [-0.39, 0.29) is 17.3 Å². The standard InChI is InChI=1S/C30H36BrN3O4S/c1-6-16-32-30(36)24(5)33(19-25-8-7-9-26(31)18-25)29(35)20-34(28-17-22(3)10-13-23(28)4)39(37,38)27-14-11-21(2)12-15-27/h7-15,17-18,24H,6,16,19-20H2,1-5H3,(H,32,36)/t24-/m1/s1. The lowest BCUT2D eigenvalue weighted by Gasteiger charge is -2.32. The van der Waals surface area contributed by atoms with Crippen LogP contribution in [0, 0.1) is 20.8 Å². The SMILES string of the molecule is CCCNC(=O)[C@@H](C)N(Cc1cccc(Br)c1)C(=O)CN(c1cc(C)ccc1C)S(=O)(=O)c1ccc(C)cc1. The van der Waals surface area contributed by atoms with Gasteiger partial charge in [0.1, 0.15) is 12.6 Å². The number of benzene rings is 3. The predicted molar refractivity (Wildman–Crippen MR) is 159 cm³/mol. The Labute approximate surface area is 240 Å². The van der Waals surface area contributed by atoms with Gasteiger partial charge in [-0.3, -0.25) is 13.9 Å². The second kappa shape index (κ2) is 13.3. The topological polar surface area (TPSA) is 86.8 Å². The number of hydrogen-bond acceptors (Lipinski definition) is 4. The number of hydrogen-bond donors (Lipinski definition) is 1. The molecule has 0 aliphatic heterocycles. The molecule has 7 nitrogen and oxygen atoms in total. The molecule has 0 fully saturated rings. The summed E-state index contributed by atoms with van der Waals surface area (Å²) in [7, 11) is -4.10. The van der Waals surface area contributed by atoms with Crippen molar-refractivity contribution in [1.82, 2.24) is 10.2 Å². The highest BCUT2D eigenvalue weighted by Crippen LogP contribution is 2.29. The van der Waals surface area contributed by atoms with Gasteiger partial charge in [-0.2, -0.15) is 0 Å². The van der Waals surface area contributed by atoms with Crippen LogP contribution in [0.3, 0.4) is 0 Å². The Morgan fingerprint density at radius 3 is 2.26 bits per heavy atom. The van der Waals surface area contributed by atoms with Crippen molar-refractivity contribution in [2.75, 3.05) is 17.4 Å². The molecule has 0 radical (unpaired) electrons. The lowest BCUT2D eigenvalue weighted by molar-refractivity contribution is -0.139. The highest BCUT2D eigenvalue weighted by atomic mass is 79.9. The van der Waals surface area contributed by atoms with Crippen LogP contribution >= 0.6 is 15.9 Å². The first-order chi connectivity index (χ1) is 18.4. The van der Waals surface area contributed by atoms with Gasteiger partial charge in [0.15, 0.2) is 0 Å². The van der Waals surface area contributed by atoms with E-state index >= 15 is 0 Å². The van der Waals surface area contributed by atoms with E-state index in [1.165, 1.54) is 4.90 Å². The third kappa shape index (κ3) is 7.70. The first-order valence-corrected chi connectivity index (χ1v) is 15.2. The molecule has 0 aliphatic carbocycles. The molecule has 0 spiro atoms. The second-order valence-electron chi connectivity index (χ2n) is 9.73. The van der Waals surface area contributed by atoms with Crippen LogP contribution in [0.5, 0.6) is 0 Å². The minimum absolute atomic E-state index is 0.0917. The van der Waals surface area contributed by atoms with E-state index in [4.69, 9.17) is 0 Å². The van der Waals surface area contributed by atoms with Crippen LogP contribution in [-0.2, 0) is 26.2 Å². The summed E-state index contributed by atoms with van der Waals surface area (Å²) in [6.07, 6.45) is 0.757. The van der Waals surface area contributed by atoms with Crippen LogP contribution in [0.1, 0.15) is 42.5 Å². The van der Waals surface area contributed by atoms with Gasteiger partial charge in [-0.1, -0.05) is 64.8 Å². The van der Waals surface area contributed by atoms with Crippen molar-refractivity contribution >= 4 is 43.5 Å². The van der Waals surface area contributed by atoms with Crippen LogP contribution in [0.4, 0.5) is 5.69 Å². The molecule has 0 saturated heterocycles. The number of amides is 2. The quantitative estimate of drug-likeness (QED) is 0.309. The third-order valence-corrected chi connectivity index (χ3v) is 8.75. The summed E-state index contributed by atoms with van der Waals surface area (Å²) in [5.74, 6) is -0.773. The van der Waals surface area contributed by atoms with E-state index in [2.05, 4.69) is 21.2 Å². The zero-order valence-electron chi connectivity index (χ0n) is 23.1. The maximum absolute atomic E-state index is 14.0. The van der Waals surface area contributed by atoms with Gasteiger partial charge in [-0.15, -0.1) is 0 Å². The molecule has 208 valence electrons. The molecule has 3 rings (SSSR count). The fourth-order valence-corrected chi connectivity index (χ4v) is 6.07. The van der Waals surface area contributed by atoms with Gasteiger partial charge >= 0.3 is 0 Å². The van der Waals surface area contributed by atoms with Crippen molar-refractivity contribution in [3.8, 4) is 0 Å². The lowest BCUT2D eigenvalue weighted by atomic mass is 10.1. The van der Waals surface area contributed by atoms with E-state index in [1.807, 2.05) is 64.1 Å². The van der Waals surface area contributed by atoms with Gasteiger partial charge in [0, 0.05) is 17.6 Å². The number of carbonyl (C=O) groups excluding carboxylic acids is 2. The van der Waals surface area contributed by atoms with Crippen LogP contribution in [0.25, 0.3) is 0 Å². The van der Waals surface area contributed by atoms with Gasteiger partial charge < -0.3 is 10.2 Å². The van der Waals surface area contributed by atoms with Gasteiger partial charge in [-0.25, -0.2) is 8.42 Å². The molecule has 0 aromatic heterocycles. The number of carbonyl (C=O) groups is 2. The fourth-order valence-electron chi connectivity index (χ4n) is 4.15.